The number of amides is 1. The predicted molar refractivity (Wildman–Crippen MR) is 76.1 cm³/mol. The Morgan fingerprint density at radius 3 is 3.10 bits per heavy atom. The van der Waals surface area contributed by atoms with Crippen molar-refractivity contribution in [3.63, 3.8) is 0 Å². The fourth-order valence-corrected chi connectivity index (χ4v) is 2.21. The monoisotopic (exact) mass is 308 g/mol. The first kappa shape index (κ1) is 14.8. The first-order valence-corrected chi connectivity index (χ1v) is 6.84. The minimum absolute atomic E-state index is 0.0985. The van der Waals surface area contributed by atoms with E-state index in [0.717, 1.165) is 10.4 Å². The van der Waals surface area contributed by atoms with Crippen molar-refractivity contribution in [2.24, 2.45) is 5.10 Å². The van der Waals surface area contributed by atoms with E-state index in [1.165, 1.54) is 22.3 Å². The van der Waals surface area contributed by atoms with E-state index in [4.69, 9.17) is 0 Å². The third-order valence-corrected chi connectivity index (χ3v) is 3.48. The lowest BCUT2D eigenvalue weighted by Gasteiger charge is -1.97. The summed E-state index contributed by atoms with van der Waals surface area (Å²) >= 11 is 1.53. The molecular weight excluding hydrogens is 296 g/mol. The minimum atomic E-state index is -0.690. The van der Waals surface area contributed by atoms with Gasteiger partial charge in [-0.25, -0.2) is 5.43 Å². The number of hydrogen-bond acceptors (Lipinski definition) is 7. The number of thiophene rings is 1. The van der Waals surface area contributed by atoms with Crippen LogP contribution in [0.3, 0.4) is 0 Å². The number of aryl methyl sites for hydroxylation is 2. The second-order valence-corrected chi connectivity index (χ2v) is 5.02. The van der Waals surface area contributed by atoms with Crippen LogP contribution in [-0.2, 0) is 11.3 Å². The van der Waals surface area contributed by atoms with Gasteiger partial charge in [0.15, 0.2) is 0 Å². The van der Waals surface area contributed by atoms with Crippen molar-refractivity contribution in [1.29, 1.82) is 0 Å². The van der Waals surface area contributed by atoms with Crippen LogP contribution in [0.4, 0.5) is 5.95 Å². The van der Waals surface area contributed by atoms with E-state index in [1.807, 2.05) is 18.4 Å². The van der Waals surface area contributed by atoms with Gasteiger partial charge in [-0.15, -0.1) is 11.3 Å². The molecule has 110 valence electrons. The summed E-state index contributed by atoms with van der Waals surface area (Å²) < 4.78 is 1.24. The molecule has 0 saturated heterocycles. The zero-order chi connectivity index (χ0) is 15.2. The zero-order valence-electron chi connectivity index (χ0n) is 11.1. The lowest BCUT2D eigenvalue weighted by Crippen LogP contribution is -2.19. The van der Waals surface area contributed by atoms with Crippen molar-refractivity contribution in [2.75, 3.05) is 0 Å². The van der Waals surface area contributed by atoms with Crippen LogP contribution in [0, 0.1) is 17.0 Å². The van der Waals surface area contributed by atoms with Gasteiger partial charge in [-0.3, -0.25) is 4.79 Å². The molecule has 0 radical (unpaired) electrons. The average molecular weight is 308 g/mol. The Morgan fingerprint density at radius 1 is 1.67 bits per heavy atom. The SMILES string of the molecule is Cc1ccsc1/C=N\NC(=O)CCn1cnc([N+](=O)[O-])n1. The molecule has 0 saturated carbocycles. The number of nitrogens with one attached hydrogen (secondary N) is 1. The van der Waals surface area contributed by atoms with Gasteiger partial charge >= 0.3 is 5.95 Å². The Hall–Kier alpha value is -2.62. The molecule has 2 heterocycles. The van der Waals surface area contributed by atoms with Crippen LogP contribution in [0.25, 0.3) is 0 Å². The highest BCUT2D eigenvalue weighted by Crippen LogP contribution is 2.12. The van der Waals surface area contributed by atoms with Crippen LogP contribution >= 0.6 is 11.3 Å². The predicted octanol–water partition coefficient (Wildman–Crippen LogP) is 1.10. The molecule has 2 rings (SSSR count). The van der Waals surface area contributed by atoms with Gasteiger partial charge in [-0.2, -0.15) is 9.78 Å². The topological polar surface area (TPSA) is 115 Å². The van der Waals surface area contributed by atoms with Crippen molar-refractivity contribution in [1.82, 2.24) is 20.2 Å². The second kappa shape index (κ2) is 6.70. The minimum Gasteiger partial charge on any atom is -0.390 e. The fraction of sp³-hybridized carbons (Fsp3) is 0.273. The maximum absolute atomic E-state index is 11.6. The lowest BCUT2D eigenvalue weighted by atomic mass is 10.3. The molecule has 10 heteroatoms. The van der Waals surface area contributed by atoms with Crippen molar-refractivity contribution >= 4 is 29.4 Å². The summed E-state index contributed by atoms with van der Waals surface area (Å²) in [7, 11) is 0. The number of carbonyl (C=O) groups is 1. The zero-order valence-corrected chi connectivity index (χ0v) is 11.9. The lowest BCUT2D eigenvalue weighted by molar-refractivity contribution is -0.394. The standard InChI is InChI=1S/C11H12N6O3S/c1-8-3-5-21-9(8)6-13-14-10(18)2-4-16-7-12-11(15-16)17(19)20/h3,5-7H,2,4H2,1H3,(H,14,18)/b13-6-. The van der Waals surface area contributed by atoms with Crippen molar-refractivity contribution in [3.05, 3.63) is 38.3 Å². The van der Waals surface area contributed by atoms with E-state index < -0.39 is 10.9 Å². The van der Waals surface area contributed by atoms with Gasteiger partial charge in [0.1, 0.15) is 0 Å². The second-order valence-electron chi connectivity index (χ2n) is 4.08. The van der Waals surface area contributed by atoms with Gasteiger partial charge < -0.3 is 10.1 Å². The molecule has 0 atom stereocenters. The summed E-state index contributed by atoms with van der Waals surface area (Å²) in [6.07, 6.45) is 2.89. The third kappa shape index (κ3) is 4.18. The van der Waals surface area contributed by atoms with E-state index in [9.17, 15) is 14.9 Å². The summed E-state index contributed by atoms with van der Waals surface area (Å²) in [6, 6.07) is 1.96. The molecule has 2 aromatic heterocycles. The summed E-state index contributed by atoms with van der Waals surface area (Å²) in [5.74, 6) is -0.791. The first-order valence-electron chi connectivity index (χ1n) is 5.96. The molecule has 0 fully saturated rings. The van der Waals surface area contributed by atoms with Crippen molar-refractivity contribution in [3.8, 4) is 0 Å². The number of rotatable bonds is 6. The molecule has 1 amide bonds. The number of nitrogens with zero attached hydrogens (tertiary/aromatic N) is 5. The van der Waals surface area contributed by atoms with Crippen LogP contribution in [0.2, 0.25) is 0 Å². The molecule has 0 aromatic carbocycles. The van der Waals surface area contributed by atoms with Crippen molar-refractivity contribution < 1.29 is 9.72 Å². The van der Waals surface area contributed by atoms with Gasteiger partial charge in [0.25, 0.3) is 0 Å². The normalized spacial score (nSPS) is 10.9. The smallest absolute Gasteiger partial charge is 0.390 e. The molecule has 21 heavy (non-hydrogen) atoms. The Balaban J connectivity index is 1.78. The summed E-state index contributed by atoms with van der Waals surface area (Å²) in [4.78, 5) is 25.7. The maximum Gasteiger partial charge on any atom is 0.490 e. The summed E-state index contributed by atoms with van der Waals surface area (Å²) in [6.45, 7) is 2.15. The Kier molecular flexibility index (Phi) is 4.72. The van der Waals surface area contributed by atoms with Gasteiger partial charge in [0.05, 0.1) is 12.8 Å². The molecule has 0 spiro atoms. The molecule has 1 N–H and O–H groups in total. The summed E-state index contributed by atoms with van der Waals surface area (Å²) in [5.41, 5.74) is 3.48. The quantitative estimate of drug-likeness (QED) is 0.487. The van der Waals surface area contributed by atoms with Gasteiger partial charge in [-0.05, 0) is 28.9 Å². The van der Waals surface area contributed by atoms with Crippen LogP contribution < -0.4 is 5.43 Å². The van der Waals surface area contributed by atoms with Gasteiger partial charge in [0, 0.05) is 16.4 Å². The first-order chi connectivity index (χ1) is 10.1. The highest BCUT2D eigenvalue weighted by Gasteiger charge is 2.13. The third-order valence-electron chi connectivity index (χ3n) is 2.53. The highest BCUT2D eigenvalue weighted by molar-refractivity contribution is 7.11. The molecule has 0 aliphatic carbocycles. The molecular formula is C11H12N6O3S. The summed E-state index contributed by atoms with van der Waals surface area (Å²) in [5, 5.41) is 19.8. The Labute approximate surface area is 123 Å². The van der Waals surface area contributed by atoms with E-state index in [0.29, 0.717) is 0 Å². The largest absolute Gasteiger partial charge is 0.490 e. The van der Waals surface area contributed by atoms with Gasteiger partial charge in [0.2, 0.25) is 12.2 Å². The van der Waals surface area contributed by atoms with E-state index in [1.54, 1.807) is 6.21 Å². The average Bonchev–Trinajstić information content (AvgIpc) is 3.06. The number of carbonyl (C=O) groups excluding carboxylic acids is 1. The van der Waals surface area contributed by atoms with Crippen LogP contribution in [0.15, 0.2) is 22.9 Å². The Bertz CT molecular complexity index is 677. The maximum atomic E-state index is 11.6. The fourth-order valence-electron chi connectivity index (χ4n) is 1.43. The molecule has 9 nitrogen and oxygen atoms in total. The van der Waals surface area contributed by atoms with E-state index in [-0.39, 0.29) is 18.9 Å². The molecule has 0 aliphatic rings. The molecule has 0 bridgehead atoms. The number of hydrogen-bond donors (Lipinski definition) is 1. The van der Waals surface area contributed by atoms with E-state index in [2.05, 4.69) is 20.6 Å². The Morgan fingerprint density at radius 2 is 2.48 bits per heavy atom. The van der Waals surface area contributed by atoms with Crippen LogP contribution in [0.1, 0.15) is 16.9 Å². The molecule has 0 aliphatic heterocycles. The van der Waals surface area contributed by atoms with Crippen LogP contribution in [-0.4, -0.2) is 31.8 Å². The number of nitro groups is 1. The van der Waals surface area contributed by atoms with Gasteiger partial charge in [-0.1, -0.05) is 4.98 Å². The molecule has 2 aromatic rings. The molecule has 0 unspecified atom stereocenters. The highest BCUT2D eigenvalue weighted by atomic mass is 32.1. The van der Waals surface area contributed by atoms with E-state index >= 15 is 0 Å². The number of aromatic nitrogens is 3. The van der Waals surface area contributed by atoms with Crippen molar-refractivity contribution in [2.45, 2.75) is 19.9 Å². The number of hydrazone groups is 1. The van der Waals surface area contributed by atoms with Crippen LogP contribution in [0.5, 0.6) is 0 Å².